The molecular formula is C27H33F3N2O2. The predicted molar refractivity (Wildman–Crippen MR) is 126 cm³/mol. The standard InChI is InChI=1S/C27H33F3N2O2/c1-3-11-25(34)12-13-26(17-27(28,29)30)21(16-25)7-4-6-19-15-20(9-10-22(19)26)24(33)32-23-8-5-14-31-18(23)2/h5,8-10,14-15,21,34H,3-4,6-7,11-13,16-17H2,1-2H3,(H,32,33)/t21-,25+,26-/m0/s1. The lowest BCUT2D eigenvalue weighted by Crippen LogP contribution is -2.49. The molecule has 0 radical (unpaired) electrons. The second-order valence-corrected chi connectivity index (χ2v) is 10.2. The number of nitrogens with zero attached hydrogens (tertiary/aromatic N) is 1. The minimum Gasteiger partial charge on any atom is -0.390 e. The van der Waals surface area contributed by atoms with Crippen molar-refractivity contribution >= 4 is 11.6 Å². The van der Waals surface area contributed by atoms with E-state index in [1.807, 2.05) is 6.92 Å². The molecule has 2 aliphatic rings. The van der Waals surface area contributed by atoms with Crippen LogP contribution in [0.1, 0.15) is 85.5 Å². The minimum atomic E-state index is -4.31. The number of amides is 1. The number of rotatable bonds is 5. The largest absolute Gasteiger partial charge is 0.390 e. The van der Waals surface area contributed by atoms with Gasteiger partial charge in [0.2, 0.25) is 0 Å². The summed E-state index contributed by atoms with van der Waals surface area (Å²) >= 11 is 0. The summed E-state index contributed by atoms with van der Waals surface area (Å²) in [5.41, 5.74) is 1.32. The number of pyridine rings is 1. The third kappa shape index (κ3) is 4.99. The molecule has 1 heterocycles. The van der Waals surface area contributed by atoms with Crippen LogP contribution in [0.25, 0.3) is 0 Å². The number of anilines is 1. The second-order valence-electron chi connectivity index (χ2n) is 10.2. The number of fused-ring (bicyclic) bond motifs is 3. The lowest BCUT2D eigenvalue weighted by atomic mass is 9.56. The van der Waals surface area contributed by atoms with Crippen molar-refractivity contribution in [3.8, 4) is 0 Å². The fraction of sp³-hybridized carbons (Fsp3) is 0.556. The summed E-state index contributed by atoms with van der Waals surface area (Å²) < 4.78 is 41.8. The normalized spacial score (nSPS) is 26.8. The van der Waals surface area contributed by atoms with E-state index in [1.54, 1.807) is 43.5 Å². The fourth-order valence-electron chi connectivity index (χ4n) is 6.30. The Hall–Kier alpha value is -2.41. The van der Waals surface area contributed by atoms with Crippen molar-refractivity contribution in [2.24, 2.45) is 5.92 Å². The van der Waals surface area contributed by atoms with Crippen molar-refractivity contribution < 1.29 is 23.1 Å². The number of aliphatic hydroxyl groups is 1. The molecule has 1 aromatic carbocycles. The molecule has 3 atom stereocenters. The van der Waals surface area contributed by atoms with Crippen LogP contribution in [0.5, 0.6) is 0 Å². The molecule has 2 aromatic rings. The van der Waals surface area contributed by atoms with Crippen LogP contribution in [0, 0.1) is 12.8 Å². The minimum absolute atomic E-state index is 0.238. The molecule has 1 fully saturated rings. The van der Waals surface area contributed by atoms with E-state index < -0.39 is 23.6 Å². The van der Waals surface area contributed by atoms with Crippen molar-refractivity contribution in [1.82, 2.24) is 4.98 Å². The average molecular weight is 475 g/mol. The van der Waals surface area contributed by atoms with Crippen LogP contribution in [-0.4, -0.2) is 27.8 Å². The van der Waals surface area contributed by atoms with Crippen molar-refractivity contribution in [3.63, 3.8) is 0 Å². The summed E-state index contributed by atoms with van der Waals surface area (Å²) in [4.78, 5) is 17.1. The first-order valence-electron chi connectivity index (χ1n) is 12.2. The molecule has 1 aromatic heterocycles. The van der Waals surface area contributed by atoms with Crippen LogP contribution in [-0.2, 0) is 11.8 Å². The van der Waals surface area contributed by atoms with Crippen molar-refractivity contribution in [1.29, 1.82) is 0 Å². The quantitative estimate of drug-likeness (QED) is 0.520. The number of alkyl halides is 3. The van der Waals surface area contributed by atoms with E-state index in [4.69, 9.17) is 0 Å². The van der Waals surface area contributed by atoms with Gasteiger partial charge in [-0.3, -0.25) is 9.78 Å². The Balaban J connectivity index is 1.70. The molecule has 2 aliphatic carbocycles. The van der Waals surface area contributed by atoms with Crippen molar-refractivity contribution in [2.45, 2.75) is 88.8 Å². The molecule has 1 saturated carbocycles. The summed E-state index contributed by atoms with van der Waals surface area (Å²) in [6, 6.07) is 8.67. The molecule has 0 unspecified atom stereocenters. The maximum atomic E-state index is 13.9. The van der Waals surface area contributed by atoms with E-state index in [0.29, 0.717) is 61.0 Å². The summed E-state index contributed by atoms with van der Waals surface area (Å²) in [6.45, 7) is 3.80. The molecule has 0 spiro atoms. The summed E-state index contributed by atoms with van der Waals surface area (Å²) in [5.74, 6) is -0.538. The van der Waals surface area contributed by atoms with Crippen LogP contribution in [0.2, 0.25) is 0 Å². The zero-order valence-corrected chi connectivity index (χ0v) is 19.8. The Morgan fingerprint density at radius 3 is 2.76 bits per heavy atom. The van der Waals surface area contributed by atoms with Gasteiger partial charge in [0.1, 0.15) is 0 Å². The van der Waals surface area contributed by atoms with Crippen molar-refractivity contribution in [3.05, 3.63) is 58.9 Å². The van der Waals surface area contributed by atoms with Gasteiger partial charge in [-0.15, -0.1) is 0 Å². The van der Waals surface area contributed by atoms with Gasteiger partial charge in [0.15, 0.2) is 0 Å². The van der Waals surface area contributed by atoms with Gasteiger partial charge in [0, 0.05) is 17.2 Å². The highest BCUT2D eigenvalue weighted by Crippen LogP contribution is 2.56. The van der Waals surface area contributed by atoms with Gasteiger partial charge in [0.05, 0.1) is 23.4 Å². The summed E-state index contributed by atoms with van der Waals surface area (Å²) in [5, 5.41) is 14.0. The molecule has 2 N–H and O–H groups in total. The molecule has 7 heteroatoms. The molecule has 0 aliphatic heterocycles. The summed E-state index contributed by atoms with van der Waals surface area (Å²) in [6.07, 6.45) is 0.968. The number of carbonyl (C=O) groups is 1. The Bertz CT molecular complexity index is 1050. The third-order valence-electron chi connectivity index (χ3n) is 7.83. The highest BCUT2D eigenvalue weighted by atomic mass is 19.4. The smallest absolute Gasteiger partial charge is 0.389 e. The number of benzene rings is 1. The van der Waals surface area contributed by atoms with E-state index >= 15 is 0 Å². The van der Waals surface area contributed by atoms with E-state index in [1.165, 1.54) is 0 Å². The van der Waals surface area contributed by atoms with E-state index in [0.717, 1.165) is 18.4 Å². The predicted octanol–water partition coefficient (Wildman–Crippen LogP) is 6.50. The number of aryl methyl sites for hydroxylation is 2. The lowest BCUT2D eigenvalue weighted by Gasteiger charge is -2.50. The maximum Gasteiger partial charge on any atom is 0.389 e. The Morgan fingerprint density at radius 2 is 2.06 bits per heavy atom. The molecule has 184 valence electrons. The zero-order valence-electron chi connectivity index (χ0n) is 19.8. The fourth-order valence-corrected chi connectivity index (χ4v) is 6.30. The van der Waals surface area contributed by atoms with E-state index in [9.17, 15) is 23.1 Å². The highest BCUT2D eigenvalue weighted by molar-refractivity contribution is 6.04. The van der Waals surface area contributed by atoms with Gasteiger partial charge in [0.25, 0.3) is 5.91 Å². The van der Waals surface area contributed by atoms with Crippen LogP contribution in [0.3, 0.4) is 0 Å². The van der Waals surface area contributed by atoms with E-state index in [2.05, 4.69) is 10.3 Å². The molecule has 0 bridgehead atoms. The Kier molecular flexibility index (Phi) is 6.78. The van der Waals surface area contributed by atoms with E-state index in [-0.39, 0.29) is 11.8 Å². The molecule has 4 nitrogen and oxygen atoms in total. The molecular weight excluding hydrogens is 441 g/mol. The number of aromatic nitrogens is 1. The molecule has 4 rings (SSSR count). The maximum absolute atomic E-state index is 13.9. The summed E-state index contributed by atoms with van der Waals surface area (Å²) in [7, 11) is 0. The lowest BCUT2D eigenvalue weighted by molar-refractivity contribution is -0.166. The first-order chi connectivity index (χ1) is 16.1. The monoisotopic (exact) mass is 474 g/mol. The topological polar surface area (TPSA) is 62.2 Å². The van der Waals surface area contributed by atoms with Crippen LogP contribution >= 0.6 is 0 Å². The van der Waals surface area contributed by atoms with Gasteiger partial charge in [-0.05, 0) is 93.2 Å². The number of hydrogen-bond acceptors (Lipinski definition) is 3. The number of halogens is 3. The average Bonchev–Trinajstić information content (AvgIpc) is 2.90. The zero-order chi connectivity index (χ0) is 24.6. The molecule has 34 heavy (non-hydrogen) atoms. The van der Waals surface area contributed by atoms with Crippen molar-refractivity contribution in [2.75, 3.05) is 5.32 Å². The van der Waals surface area contributed by atoms with Crippen LogP contribution in [0.15, 0.2) is 36.5 Å². The molecule has 1 amide bonds. The Morgan fingerprint density at radius 1 is 1.26 bits per heavy atom. The molecule has 0 saturated heterocycles. The Labute approximate surface area is 199 Å². The second kappa shape index (κ2) is 9.33. The van der Waals surface area contributed by atoms with Crippen LogP contribution < -0.4 is 5.32 Å². The SMILES string of the molecule is CCC[C@@]1(O)CC[C@@]2(CC(F)(F)F)c3ccc(C(=O)Nc4cccnc4C)cc3CCC[C@H]2C1. The number of carbonyl (C=O) groups excluding carboxylic acids is 1. The van der Waals surface area contributed by atoms with Gasteiger partial charge in [-0.2, -0.15) is 13.2 Å². The highest BCUT2D eigenvalue weighted by Gasteiger charge is 2.54. The van der Waals surface area contributed by atoms with Gasteiger partial charge in [-0.1, -0.05) is 19.4 Å². The first-order valence-corrected chi connectivity index (χ1v) is 12.2. The van der Waals surface area contributed by atoms with Gasteiger partial charge < -0.3 is 10.4 Å². The first kappa shape index (κ1) is 24.7. The van der Waals surface area contributed by atoms with Gasteiger partial charge >= 0.3 is 6.18 Å². The van der Waals surface area contributed by atoms with Gasteiger partial charge in [-0.25, -0.2) is 0 Å². The third-order valence-corrected chi connectivity index (χ3v) is 7.83. The number of hydrogen-bond donors (Lipinski definition) is 2. The van der Waals surface area contributed by atoms with Crippen LogP contribution in [0.4, 0.5) is 18.9 Å². The number of nitrogens with one attached hydrogen (secondary N) is 1.